The largest absolute Gasteiger partial charge is 0.464 e. The highest BCUT2D eigenvalue weighted by Crippen LogP contribution is 2.16. The Morgan fingerprint density at radius 3 is 2.90 bits per heavy atom. The van der Waals surface area contributed by atoms with E-state index in [1.807, 2.05) is 18.2 Å². The summed E-state index contributed by atoms with van der Waals surface area (Å²) in [5.41, 5.74) is 7.59. The molecule has 0 amide bonds. The normalized spacial score (nSPS) is 11.9. The predicted octanol–water partition coefficient (Wildman–Crippen LogP) is 1.91. The predicted molar refractivity (Wildman–Crippen MR) is 80.1 cm³/mol. The minimum atomic E-state index is -0.428. The Bertz CT molecular complexity index is 557. The van der Waals surface area contributed by atoms with E-state index >= 15 is 0 Å². The van der Waals surface area contributed by atoms with Crippen molar-refractivity contribution in [3.8, 4) is 0 Å². The van der Waals surface area contributed by atoms with E-state index in [4.69, 9.17) is 5.73 Å². The van der Waals surface area contributed by atoms with E-state index in [-0.39, 0.29) is 6.04 Å². The SMILES string of the molecule is COC(=O)c1csc(NC[C@@H](N)Cc2ccccc2)n1. The summed E-state index contributed by atoms with van der Waals surface area (Å²) in [4.78, 5) is 15.4. The number of benzene rings is 1. The van der Waals surface area contributed by atoms with Crippen LogP contribution in [0.1, 0.15) is 16.1 Å². The second kappa shape index (κ2) is 7.02. The van der Waals surface area contributed by atoms with E-state index < -0.39 is 5.97 Å². The summed E-state index contributed by atoms with van der Waals surface area (Å²) in [6.07, 6.45) is 0.795. The van der Waals surface area contributed by atoms with Crippen molar-refractivity contribution in [3.05, 3.63) is 47.0 Å². The average molecular weight is 291 g/mol. The van der Waals surface area contributed by atoms with Gasteiger partial charge in [-0.3, -0.25) is 0 Å². The summed E-state index contributed by atoms with van der Waals surface area (Å²) in [5.74, 6) is -0.428. The quantitative estimate of drug-likeness (QED) is 0.795. The van der Waals surface area contributed by atoms with Crippen molar-refractivity contribution < 1.29 is 9.53 Å². The van der Waals surface area contributed by atoms with Crippen molar-refractivity contribution >= 4 is 22.4 Å². The molecular formula is C14H17N3O2S. The fourth-order valence-electron chi connectivity index (χ4n) is 1.76. The summed E-state index contributed by atoms with van der Waals surface area (Å²) < 4.78 is 4.61. The van der Waals surface area contributed by atoms with Crippen LogP contribution in [0.2, 0.25) is 0 Å². The minimum absolute atomic E-state index is 0.0112. The van der Waals surface area contributed by atoms with Gasteiger partial charge in [0.15, 0.2) is 10.8 Å². The maximum absolute atomic E-state index is 11.3. The molecule has 0 aliphatic carbocycles. The number of rotatable bonds is 6. The van der Waals surface area contributed by atoms with Gasteiger partial charge < -0.3 is 15.8 Å². The maximum atomic E-state index is 11.3. The molecule has 0 spiro atoms. The Kier molecular flexibility index (Phi) is 5.09. The van der Waals surface area contributed by atoms with Crippen LogP contribution in [0.25, 0.3) is 0 Å². The number of carbonyl (C=O) groups excluding carboxylic acids is 1. The number of anilines is 1. The molecule has 0 saturated heterocycles. The van der Waals surface area contributed by atoms with Gasteiger partial charge in [0.05, 0.1) is 7.11 Å². The zero-order chi connectivity index (χ0) is 14.4. The third-order valence-corrected chi connectivity index (χ3v) is 3.55. The first-order chi connectivity index (χ1) is 9.69. The van der Waals surface area contributed by atoms with Crippen molar-refractivity contribution in [2.45, 2.75) is 12.5 Å². The highest BCUT2D eigenvalue weighted by atomic mass is 32.1. The third-order valence-electron chi connectivity index (χ3n) is 2.75. The molecule has 0 bridgehead atoms. The summed E-state index contributed by atoms with van der Waals surface area (Å²) in [5, 5.41) is 5.48. The number of aromatic nitrogens is 1. The smallest absolute Gasteiger partial charge is 0.357 e. The van der Waals surface area contributed by atoms with Crippen LogP contribution in [0, 0.1) is 0 Å². The number of thiazole rings is 1. The van der Waals surface area contributed by atoms with Gasteiger partial charge in [-0.15, -0.1) is 11.3 Å². The number of nitrogens with zero attached hydrogens (tertiary/aromatic N) is 1. The van der Waals surface area contributed by atoms with Crippen LogP contribution in [0.5, 0.6) is 0 Å². The Hall–Kier alpha value is -1.92. The first-order valence-electron chi connectivity index (χ1n) is 6.26. The van der Waals surface area contributed by atoms with Crippen molar-refractivity contribution in [1.82, 2.24) is 4.98 Å². The first kappa shape index (κ1) is 14.5. The molecule has 1 heterocycles. The molecular weight excluding hydrogens is 274 g/mol. The average Bonchev–Trinajstić information content (AvgIpc) is 2.94. The molecule has 2 rings (SSSR count). The van der Waals surface area contributed by atoms with Crippen LogP contribution in [0.3, 0.4) is 0 Å². The topological polar surface area (TPSA) is 77.2 Å². The molecule has 5 nitrogen and oxygen atoms in total. The second-order valence-corrected chi connectivity index (χ2v) is 5.22. The Labute approximate surface area is 121 Å². The Morgan fingerprint density at radius 1 is 1.45 bits per heavy atom. The molecule has 0 saturated carbocycles. The summed E-state index contributed by atoms with van der Waals surface area (Å²) >= 11 is 1.36. The number of methoxy groups -OCH3 is 1. The van der Waals surface area contributed by atoms with Gasteiger partial charge in [0.2, 0.25) is 0 Å². The summed E-state index contributed by atoms with van der Waals surface area (Å²) in [6.45, 7) is 0.600. The molecule has 2 aromatic rings. The lowest BCUT2D eigenvalue weighted by atomic mass is 10.1. The molecule has 1 atom stereocenters. The maximum Gasteiger partial charge on any atom is 0.357 e. The van der Waals surface area contributed by atoms with E-state index in [1.165, 1.54) is 24.0 Å². The van der Waals surface area contributed by atoms with Crippen LogP contribution in [-0.4, -0.2) is 30.6 Å². The van der Waals surface area contributed by atoms with E-state index in [0.717, 1.165) is 6.42 Å². The van der Waals surface area contributed by atoms with Crippen molar-refractivity contribution in [1.29, 1.82) is 0 Å². The molecule has 0 fully saturated rings. The van der Waals surface area contributed by atoms with Crippen molar-refractivity contribution in [2.75, 3.05) is 19.0 Å². The van der Waals surface area contributed by atoms with Crippen LogP contribution in [0.4, 0.5) is 5.13 Å². The fraction of sp³-hybridized carbons (Fsp3) is 0.286. The fourth-order valence-corrected chi connectivity index (χ4v) is 2.45. The minimum Gasteiger partial charge on any atom is -0.464 e. The van der Waals surface area contributed by atoms with E-state index in [1.54, 1.807) is 5.38 Å². The van der Waals surface area contributed by atoms with Gasteiger partial charge >= 0.3 is 5.97 Å². The van der Waals surface area contributed by atoms with Crippen molar-refractivity contribution in [2.24, 2.45) is 5.73 Å². The molecule has 0 aliphatic heterocycles. The van der Waals surface area contributed by atoms with E-state index in [9.17, 15) is 4.79 Å². The van der Waals surface area contributed by atoms with Crippen LogP contribution >= 0.6 is 11.3 Å². The summed E-state index contributed by atoms with van der Waals surface area (Å²) in [6, 6.07) is 10.1. The summed E-state index contributed by atoms with van der Waals surface area (Å²) in [7, 11) is 1.34. The molecule has 0 unspecified atom stereocenters. The molecule has 1 aromatic heterocycles. The number of carbonyl (C=O) groups is 1. The number of ether oxygens (including phenoxy) is 1. The number of nitrogens with one attached hydrogen (secondary N) is 1. The molecule has 1 aromatic carbocycles. The lowest BCUT2D eigenvalue weighted by molar-refractivity contribution is 0.0595. The van der Waals surface area contributed by atoms with E-state index in [2.05, 4.69) is 27.2 Å². The number of hydrogen-bond acceptors (Lipinski definition) is 6. The monoisotopic (exact) mass is 291 g/mol. The van der Waals surface area contributed by atoms with Gasteiger partial charge in [-0.25, -0.2) is 9.78 Å². The molecule has 106 valence electrons. The molecule has 6 heteroatoms. The van der Waals surface area contributed by atoms with Gasteiger partial charge in [-0.1, -0.05) is 30.3 Å². The number of nitrogens with two attached hydrogens (primary N) is 1. The van der Waals surface area contributed by atoms with Gasteiger partial charge in [0.1, 0.15) is 0 Å². The second-order valence-electron chi connectivity index (χ2n) is 4.36. The standard InChI is InChI=1S/C14H17N3O2S/c1-19-13(18)12-9-20-14(17-12)16-8-11(15)7-10-5-3-2-4-6-10/h2-6,9,11H,7-8,15H2,1H3,(H,16,17)/t11-/m0/s1. The molecule has 3 N–H and O–H groups in total. The van der Waals surface area contributed by atoms with Gasteiger partial charge in [-0.2, -0.15) is 0 Å². The van der Waals surface area contributed by atoms with Crippen LogP contribution in [0.15, 0.2) is 35.7 Å². The van der Waals surface area contributed by atoms with Crippen LogP contribution in [-0.2, 0) is 11.2 Å². The Balaban J connectivity index is 1.83. The van der Waals surface area contributed by atoms with Crippen LogP contribution < -0.4 is 11.1 Å². The van der Waals surface area contributed by atoms with Gasteiger partial charge in [0.25, 0.3) is 0 Å². The highest BCUT2D eigenvalue weighted by Gasteiger charge is 2.11. The number of hydrogen-bond donors (Lipinski definition) is 2. The molecule has 20 heavy (non-hydrogen) atoms. The highest BCUT2D eigenvalue weighted by molar-refractivity contribution is 7.13. The first-order valence-corrected chi connectivity index (χ1v) is 7.14. The lowest BCUT2D eigenvalue weighted by Crippen LogP contribution is -2.31. The zero-order valence-electron chi connectivity index (χ0n) is 11.2. The molecule has 0 aliphatic rings. The zero-order valence-corrected chi connectivity index (χ0v) is 12.0. The van der Waals surface area contributed by atoms with E-state index in [0.29, 0.717) is 17.4 Å². The Morgan fingerprint density at radius 2 is 2.20 bits per heavy atom. The third kappa shape index (κ3) is 4.04. The van der Waals surface area contributed by atoms with Gasteiger partial charge in [-0.05, 0) is 12.0 Å². The number of esters is 1. The molecule has 0 radical (unpaired) electrons. The van der Waals surface area contributed by atoms with Crippen molar-refractivity contribution in [3.63, 3.8) is 0 Å². The van der Waals surface area contributed by atoms with Gasteiger partial charge in [0, 0.05) is 18.0 Å². The lowest BCUT2D eigenvalue weighted by Gasteiger charge is -2.12.